The molecule has 1 aromatic rings. The summed E-state index contributed by atoms with van der Waals surface area (Å²) in [5.41, 5.74) is 2.10. The number of amides is 3. The molecule has 1 aromatic carbocycles. The maximum absolute atomic E-state index is 12.6. The Hall–Kier alpha value is -3.88. The zero-order chi connectivity index (χ0) is 25.6. The van der Waals surface area contributed by atoms with Crippen LogP contribution in [0.1, 0.15) is 38.1 Å². The molecule has 3 amide bonds. The van der Waals surface area contributed by atoms with Crippen molar-refractivity contribution < 1.29 is 19.1 Å². The van der Waals surface area contributed by atoms with E-state index in [2.05, 4.69) is 10.6 Å². The minimum absolute atomic E-state index is 0.0256. The van der Waals surface area contributed by atoms with Gasteiger partial charge in [-0.3, -0.25) is 14.9 Å². The lowest BCUT2D eigenvalue weighted by atomic mass is 9.99. The number of rotatable bonds is 5. The third kappa shape index (κ3) is 7.30. The summed E-state index contributed by atoms with van der Waals surface area (Å²) in [6.07, 6.45) is 4.34. The van der Waals surface area contributed by atoms with Crippen LogP contribution >= 0.6 is 0 Å². The SMILES string of the molecule is CC1=CC(=N)/C(=C\NCC(=O)N2CCN(C(=O)c3ccccc3)CC2)C=C1NC(=O)OC(C)(C)C. The third-order valence-electron chi connectivity index (χ3n) is 5.48. The van der Waals surface area contributed by atoms with Gasteiger partial charge in [0.1, 0.15) is 5.60 Å². The van der Waals surface area contributed by atoms with Gasteiger partial charge in [0.15, 0.2) is 0 Å². The minimum Gasteiger partial charge on any atom is -0.444 e. The van der Waals surface area contributed by atoms with E-state index in [-0.39, 0.29) is 24.1 Å². The normalized spacial score (nSPS) is 17.5. The molecule has 1 aliphatic carbocycles. The number of carbonyl (C=O) groups is 3. The van der Waals surface area contributed by atoms with Gasteiger partial charge in [0, 0.05) is 49.2 Å². The van der Waals surface area contributed by atoms with Crippen molar-refractivity contribution in [3.63, 3.8) is 0 Å². The zero-order valence-electron chi connectivity index (χ0n) is 20.7. The summed E-state index contributed by atoms with van der Waals surface area (Å²) in [6.45, 7) is 9.13. The maximum atomic E-state index is 12.6. The van der Waals surface area contributed by atoms with Gasteiger partial charge in [-0.25, -0.2) is 4.79 Å². The summed E-state index contributed by atoms with van der Waals surface area (Å²) in [4.78, 5) is 40.8. The molecule has 0 spiro atoms. The van der Waals surface area contributed by atoms with Crippen LogP contribution in [-0.2, 0) is 9.53 Å². The molecule has 9 heteroatoms. The van der Waals surface area contributed by atoms with Crippen molar-refractivity contribution in [3.8, 4) is 0 Å². The molecular weight excluding hydrogens is 446 g/mol. The van der Waals surface area contributed by atoms with Gasteiger partial charge in [-0.15, -0.1) is 0 Å². The van der Waals surface area contributed by atoms with Crippen LogP contribution in [0, 0.1) is 5.41 Å². The summed E-state index contributed by atoms with van der Waals surface area (Å²) < 4.78 is 5.30. The predicted molar refractivity (Wildman–Crippen MR) is 134 cm³/mol. The summed E-state index contributed by atoms with van der Waals surface area (Å²) >= 11 is 0. The topological polar surface area (TPSA) is 115 Å². The highest BCUT2D eigenvalue weighted by Crippen LogP contribution is 2.19. The molecule has 0 atom stereocenters. The van der Waals surface area contributed by atoms with Crippen LogP contribution in [-0.4, -0.2) is 71.7 Å². The Labute approximate surface area is 206 Å². The number of nitrogens with one attached hydrogen (secondary N) is 3. The Balaban J connectivity index is 1.51. The molecule has 2 aliphatic rings. The Morgan fingerprint density at radius 2 is 1.66 bits per heavy atom. The highest BCUT2D eigenvalue weighted by atomic mass is 16.6. The molecule has 0 aromatic heterocycles. The van der Waals surface area contributed by atoms with Gasteiger partial charge in [0.25, 0.3) is 5.91 Å². The third-order valence-corrected chi connectivity index (χ3v) is 5.48. The fraction of sp³-hybridized carbons (Fsp3) is 0.385. The van der Waals surface area contributed by atoms with E-state index in [1.54, 1.807) is 68.0 Å². The largest absolute Gasteiger partial charge is 0.444 e. The molecule has 3 rings (SSSR count). The molecule has 186 valence electrons. The van der Waals surface area contributed by atoms with E-state index in [4.69, 9.17) is 10.1 Å². The summed E-state index contributed by atoms with van der Waals surface area (Å²) in [5, 5.41) is 13.9. The zero-order valence-corrected chi connectivity index (χ0v) is 20.7. The van der Waals surface area contributed by atoms with Crippen molar-refractivity contribution in [1.29, 1.82) is 5.41 Å². The molecule has 3 N–H and O–H groups in total. The quantitative estimate of drug-likeness (QED) is 0.601. The second-order valence-corrected chi connectivity index (χ2v) is 9.45. The molecular formula is C26H33N5O4. The van der Waals surface area contributed by atoms with Crippen LogP contribution in [0.25, 0.3) is 0 Å². The number of carbonyl (C=O) groups excluding carboxylic acids is 3. The molecule has 1 aliphatic heterocycles. The van der Waals surface area contributed by atoms with E-state index < -0.39 is 11.7 Å². The number of ether oxygens (including phenoxy) is 1. The van der Waals surface area contributed by atoms with Gasteiger partial charge in [-0.05, 0) is 57.6 Å². The first-order chi connectivity index (χ1) is 16.5. The van der Waals surface area contributed by atoms with Crippen LogP contribution in [0.5, 0.6) is 0 Å². The molecule has 1 heterocycles. The summed E-state index contributed by atoms with van der Waals surface area (Å²) in [6, 6.07) is 9.12. The van der Waals surface area contributed by atoms with Crippen molar-refractivity contribution in [2.75, 3.05) is 32.7 Å². The predicted octanol–water partition coefficient (Wildman–Crippen LogP) is 2.83. The van der Waals surface area contributed by atoms with Crippen molar-refractivity contribution >= 4 is 23.6 Å². The molecule has 0 radical (unpaired) electrons. The van der Waals surface area contributed by atoms with E-state index in [9.17, 15) is 14.4 Å². The van der Waals surface area contributed by atoms with Crippen LogP contribution in [0.4, 0.5) is 4.79 Å². The Kier molecular flexibility index (Phi) is 8.11. The van der Waals surface area contributed by atoms with Crippen molar-refractivity contribution in [2.24, 2.45) is 0 Å². The standard InChI is InChI=1S/C26H33N5O4/c1-18-14-21(27)20(15-22(18)29-25(34)35-26(2,3)4)16-28-17-23(32)30-10-12-31(13-11-30)24(33)19-8-6-5-7-9-19/h5-9,14-16,27-28H,10-13,17H2,1-4H3,(H,29,34)/b20-16-,27-21?. The fourth-order valence-corrected chi connectivity index (χ4v) is 3.67. The molecule has 0 saturated carbocycles. The van der Waals surface area contributed by atoms with E-state index in [1.165, 1.54) is 0 Å². The van der Waals surface area contributed by atoms with Crippen LogP contribution < -0.4 is 10.6 Å². The number of piperazine rings is 1. The fourth-order valence-electron chi connectivity index (χ4n) is 3.67. The van der Waals surface area contributed by atoms with E-state index >= 15 is 0 Å². The summed E-state index contributed by atoms with van der Waals surface area (Å²) in [5.74, 6) is -0.110. The van der Waals surface area contributed by atoms with Crippen LogP contribution in [0.2, 0.25) is 0 Å². The number of hydrogen-bond donors (Lipinski definition) is 3. The second-order valence-electron chi connectivity index (χ2n) is 9.45. The average molecular weight is 480 g/mol. The molecule has 35 heavy (non-hydrogen) atoms. The van der Waals surface area contributed by atoms with Crippen LogP contribution in [0.3, 0.4) is 0 Å². The summed E-state index contributed by atoms with van der Waals surface area (Å²) in [7, 11) is 0. The van der Waals surface area contributed by atoms with E-state index in [1.807, 2.05) is 18.2 Å². The smallest absolute Gasteiger partial charge is 0.412 e. The van der Waals surface area contributed by atoms with Gasteiger partial charge >= 0.3 is 6.09 Å². The maximum Gasteiger partial charge on any atom is 0.412 e. The average Bonchev–Trinajstić information content (AvgIpc) is 2.80. The van der Waals surface area contributed by atoms with Gasteiger partial charge in [-0.2, -0.15) is 0 Å². The number of benzene rings is 1. The number of hydrogen-bond acceptors (Lipinski definition) is 6. The van der Waals surface area contributed by atoms with Gasteiger partial charge in [0.2, 0.25) is 5.91 Å². The van der Waals surface area contributed by atoms with E-state index in [0.717, 1.165) is 5.57 Å². The number of allylic oxidation sites excluding steroid dienone is 4. The monoisotopic (exact) mass is 479 g/mol. The van der Waals surface area contributed by atoms with Crippen molar-refractivity contribution in [1.82, 2.24) is 20.4 Å². The highest BCUT2D eigenvalue weighted by molar-refractivity contribution is 6.10. The lowest BCUT2D eigenvalue weighted by Gasteiger charge is -2.34. The molecule has 0 unspecified atom stereocenters. The lowest BCUT2D eigenvalue weighted by Crippen LogP contribution is -2.52. The van der Waals surface area contributed by atoms with Gasteiger partial charge < -0.3 is 25.3 Å². The molecule has 9 nitrogen and oxygen atoms in total. The van der Waals surface area contributed by atoms with Gasteiger partial charge in [0.05, 0.1) is 12.3 Å². The number of alkyl carbamates (subject to hydrolysis) is 1. The molecule has 1 fully saturated rings. The Morgan fingerprint density at radius 3 is 2.29 bits per heavy atom. The lowest BCUT2D eigenvalue weighted by molar-refractivity contribution is -0.131. The minimum atomic E-state index is -0.620. The Bertz CT molecular complexity index is 1070. The highest BCUT2D eigenvalue weighted by Gasteiger charge is 2.24. The molecule has 0 bridgehead atoms. The number of nitrogens with zero attached hydrogens (tertiary/aromatic N) is 2. The first-order valence-corrected chi connectivity index (χ1v) is 11.6. The van der Waals surface area contributed by atoms with Crippen molar-refractivity contribution in [3.05, 3.63) is 71.1 Å². The Morgan fingerprint density at radius 1 is 1.03 bits per heavy atom. The van der Waals surface area contributed by atoms with Crippen molar-refractivity contribution in [2.45, 2.75) is 33.3 Å². The van der Waals surface area contributed by atoms with E-state index in [0.29, 0.717) is 43.0 Å². The van der Waals surface area contributed by atoms with Gasteiger partial charge in [-0.1, -0.05) is 18.2 Å². The molecule has 1 saturated heterocycles. The van der Waals surface area contributed by atoms with Crippen LogP contribution in [0.15, 0.2) is 65.5 Å². The first-order valence-electron chi connectivity index (χ1n) is 11.6. The first kappa shape index (κ1) is 25.7. The second kappa shape index (κ2) is 11.0.